The molecule has 0 atom stereocenters. The van der Waals surface area contributed by atoms with Crippen molar-refractivity contribution in [2.75, 3.05) is 17.2 Å². The highest BCUT2D eigenvalue weighted by molar-refractivity contribution is 6.04. The van der Waals surface area contributed by atoms with Crippen LogP contribution in [0.4, 0.5) is 15.9 Å². The third-order valence-electron chi connectivity index (χ3n) is 3.00. The average molecular weight is 287 g/mol. The lowest BCUT2D eigenvalue weighted by molar-refractivity contribution is 0.102. The molecular weight excluding hydrogens is 269 g/mol. The predicted octanol–water partition coefficient (Wildman–Crippen LogP) is 3.52. The van der Waals surface area contributed by atoms with Gasteiger partial charge in [-0.3, -0.25) is 4.79 Å². The second-order valence-electron chi connectivity index (χ2n) is 4.83. The minimum absolute atomic E-state index is 0.289. The van der Waals surface area contributed by atoms with Crippen molar-refractivity contribution in [1.29, 1.82) is 0 Å². The summed E-state index contributed by atoms with van der Waals surface area (Å²) in [6.07, 6.45) is 0. The van der Waals surface area contributed by atoms with Crippen molar-refractivity contribution in [2.24, 2.45) is 0 Å². The van der Waals surface area contributed by atoms with Gasteiger partial charge in [-0.1, -0.05) is 6.07 Å². The molecule has 0 saturated carbocycles. The number of rotatable bonds is 4. The molecule has 0 saturated heterocycles. The molecule has 0 bridgehead atoms. The fraction of sp³-hybridized carbons (Fsp3) is 0.250. The molecule has 4 nitrogen and oxygen atoms in total. The highest BCUT2D eigenvalue weighted by atomic mass is 19.1. The maximum Gasteiger partial charge on any atom is 0.255 e. The van der Waals surface area contributed by atoms with Gasteiger partial charge in [0.05, 0.1) is 0 Å². The molecule has 2 N–H and O–H groups in total. The number of anilines is 2. The van der Waals surface area contributed by atoms with Crippen molar-refractivity contribution in [3.63, 3.8) is 0 Å². The first-order valence-electron chi connectivity index (χ1n) is 6.79. The number of benzene rings is 1. The van der Waals surface area contributed by atoms with Crippen LogP contribution in [-0.2, 0) is 0 Å². The summed E-state index contributed by atoms with van der Waals surface area (Å²) in [6.45, 7) is 6.18. The molecule has 0 radical (unpaired) electrons. The van der Waals surface area contributed by atoms with E-state index < -0.39 is 0 Å². The first-order valence-corrected chi connectivity index (χ1v) is 6.79. The van der Waals surface area contributed by atoms with Crippen molar-refractivity contribution in [1.82, 2.24) is 4.98 Å². The van der Waals surface area contributed by atoms with Crippen molar-refractivity contribution in [3.05, 3.63) is 53.0 Å². The van der Waals surface area contributed by atoms with Gasteiger partial charge in [0.2, 0.25) is 0 Å². The van der Waals surface area contributed by atoms with Crippen LogP contribution in [0.3, 0.4) is 0 Å². The van der Waals surface area contributed by atoms with Gasteiger partial charge in [-0.15, -0.1) is 0 Å². The smallest absolute Gasteiger partial charge is 0.255 e. The summed E-state index contributed by atoms with van der Waals surface area (Å²) < 4.78 is 13.5. The van der Waals surface area contributed by atoms with E-state index in [2.05, 4.69) is 15.6 Å². The van der Waals surface area contributed by atoms with E-state index in [0.29, 0.717) is 22.6 Å². The van der Waals surface area contributed by atoms with Crippen molar-refractivity contribution < 1.29 is 9.18 Å². The predicted molar refractivity (Wildman–Crippen MR) is 82.2 cm³/mol. The Bertz CT molecular complexity index is 671. The van der Waals surface area contributed by atoms with Crippen LogP contribution in [0.2, 0.25) is 0 Å². The molecule has 1 aromatic carbocycles. The lowest BCUT2D eigenvalue weighted by Crippen LogP contribution is -2.13. The van der Waals surface area contributed by atoms with E-state index in [0.717, 1.165) is 12.2 Å². The Balaban J connectivity index is 2.21. The summed E-state index contributed by atoms with van der Waals surface area (Å²) in [6, 6.07) is 7.99. The lowest BCUT2D eigenvalue weighted by atomic mass is 10.2. The highest BCUT2D eigenvalue weighted by Gasteiger charge is 2.10. The van der Waals surface area contributed by atoms with Gasteiger partial charge in [-0.2, -0.15) is 0 Å². The Morgan fingerprint density at radius 1 is 1.24 bits per heavy atom. The van der Waals surface area contributed by atoms with Crippen LogP contribution in [-0.4, -0.2) is 17.4 Å². The SMILES string of the molecule is CCNc1cc(C(=O)Nc2ccc(C)c(F)c2)cc(C)n1. The molecule has 0 aliphatic heterocycles. The summed E-state index contributed by atoms with van der Waals surface area (Å²) in [5.74, 6) is 0.0210. The summed E-state index contributed by atoms with van der Waals surface area (Å²) >= 11 is 0. The number of carbonyl (C=O) groups excluding carboxylic acids is 1. The first kappa shape index (κ1) is 15.0. The van der Waals surface area contributed by atoms with E-state index in [4.69, 9.17) is 0 Å². The van der Waals surface area contributed by atoms with Gasteiger partial charge in [-0.25, -0.2) is 9.37 Å². The Morgan fingerprint density at radius 3 is 2.67 bits per heavy atom. The number of carbonyl (C=O) groups is 1. The average Bonchev–Trinajstić information content (AvgIpc) is 2.42. The molecule has 2 rings (SSSR count). The largest absolute Gasteiger partial charge is 0.370 e. The van der Waals surface area contributed by atoms with Crippen molar-refractivity contribution in [2.45, 2.75) is 20.8 Å². The maximum atomic E-state index is 13.5. The topological polar surface area (TPSA) is 54.0 Å². The van der Waals surface area contributed by atoms with E-state index in [1.54, 1.807) is 31.2 Å². The van der Waals surface area contributed by atoms with Crippen molar-refractivity contribution in [3.8, 4) is 0 Å². The molecule has 0 aliphatic rings. The number of hydrogen-bond donors (Lipinski definition) is 2. The van der Waals surface area contributed by atoms with E-state index in [-0.39, 0.29) is 11.7 Å². The van der Waals surface area contributed by atoms with Crippen LogP contribution >= 0.6 is 0 Å². The molecule has 2 aromatic rings. The molecule has 0 unspecified atom stereocenters. The van der Waals surface area contributed by atoms with E-state index >= 15 is 0 Å². The van der Waals surface area contributed by atoms with Crippen LogP contribution in [0.5, 0.6) is 0 Å². The van der Waals surface area contributed by atoms with E-state index in [1.807, 2.05) is 13.8 Å². The minimum Gasteiger partial charge on any atom is -0.370 e. The van der Waals surface area contributed by atoms with Crippen molar-refractivity contribution >= 4 is 17.4 Å². The molecule has 1 aromatic heterocycles. The lowest BCUT2D eigenvalue weighted by Gasteiger charge is -2.09. The zero-order valence-corrected chi connectivity index (χ0v) is 12.3. The van der Waals surface area contributed by atoms with Crippen LogP contribution < -0.4 is 10.6 Å². The molecule has 5 heteroatoms. The number of pyridine rings is 1. The minimum atomic E-state index is -0.341. The molecule has 21 heavy (non-hydrogen) atoms. The standard InChI is InChI=1S/C16H18FN3O/c1-4-18-15-8-12(7-11(3)19-15)16(21)20-13-6-5-10(2)14(17)9-13/h5-9H,4H2,1-3H3,(H,18,19)(H,20,21). The maximum absolute atomic E-state index is 13.5. The number of hydrogen-bond acceptors (Lipinski definition) is 3. The van der Waals surface area contributed by atoms with Gasteiger partial charge >= 0.3 is 0 Å². The number of nitrogens with zero attached hydrogens (tertiary/aromatic N) is 1. The fourth-order valence-electron chi connectivity index (χ4n) is 1.95. The second-order valence-corrected chi connectivity index (χ2v) is 4.83. The summed E-state index contributed by atoms with van der Waals surface area (Å²) in [5, 5.41) is 5.76. The summed E-state index contributed by atoms with van der Waals surface area (Å²) in [7, 11) is 0. The number of aromatic nitrogens is 1. The van der Waals surface area contributed by atoms with Crippen LogP contribution in [0.15, 0.2) is 30.3 Å². The van der Waals surface area contributed by atoms with Gasteiger partial charge in [0.1, 0.15) is 11.6 Å². The first-order chi connectivity index (χ1) is 9.99. The Labute approximate surface area is 123 Å². The molecule has 110 valence electrons. The Morgan fingerprint density at radius 2 is 2.00 bits per heavy atom. The molecule has 0 fully saturated rings. The van der Waals surface area contributed by atoms with Gasteiger partial charge in [0.25, 0.3) is 5.91 Å². The molecule has 0 aliphatic carbocycles. The monoisotopic (exact) mass is 287 g/mol. The fourth-order valence-corrected chi connectivity index (χ4v) is 1.95. The number of amides is 1. The Kier molecular flexibility index (Phi) is 4.52. The normalized spacial score (nSPS) is 10.3. The van der Waals surface area contributed by atoms with Gasteiger partial charge in [-0.05, 0) is 50.6 Å². The number of aryl methyl sites for hydroxylation is 2. The number of nitrogens with one attached hydrogen (secondary N) is 2. The van der Waals surface area contributed by atoms with Gasteiger partial charge in [0.15, 0.2) is 0 Å². The molecule has 0 spiro atoms. The van der Waals surface area contributed by atoms with Crippen LogP contribution in [0, 0.1) is 19.7 Å². The molecular formula is C16H18FN3O. The zero-order valence-electron chi connectivity index (χ0n) is 12.3. The summed E-state index contributed by atoms with van der Waals surface area (Å²) in [5.41, 5.74) is 2.21. The van der Waals surface area contributed by atoms with Crippen LogP contribution in [0.25, 0.3) is 0 Å². The zero-order chi connectivity index (χ0) is 15.4. The molecule has 1 amide bonds. The second kappa shape index (κ2) is 6.35. The van der Waals surface area contributed by atoms with Gasteiger partial charge < -0.3 is 10.6 Å². The van der Waals surface area contributed by atoms with E-state index in [9.17, 15) is 9.18 Å². The van der Waals surface area contributed by atoms with Crippen LogP contribution in [0.1, 0.15) is 28.5 Å². The van der Waals surface area contributed by atoms with Gasteiger partial charge in [0, 0.05) is 23.5 Å². The quantitative estimate of drug-likeness (QED) is 0.904. The third kappa shape index (κ3) is 3.78. The van der Waals surface area contributed by atoms with E-state index in [1.165, 1.54) is 6.07 Å². The highest BCUT2D eigenvalue weighted by Crippen LogP contribution is 2.16. The number of halogens is 1. The third-order valence-corrected chi connectivity index (χ3v) is 3.00. The molecule has 1 heterocycles. The summed E-state index contributed by atoms with van der Waals surface area (Å²) in [4.78, 5) is 16.5. The Hall–Kier alpha value is -2.43.